The number of methoxy groups -OCH3 is 2. The number of carbonyl (C=O) groups excluding carboxylic acids is 2. The minimum Gasteiger partial charge on any atom is -0.497 e. The third kappa shape index (κ3) is 3.36. The lowest BCUT2D eigenvalue weighted by molar-refractivity contribution is -0.151. The fourth-order valence-corrected chi connectivity index (χ4v) is 2.54. The van der Waals surface area contributed by atoms with Gasteiger partial charge < -0.3 is 19.1 Å². The average molecular weight is 358 g/mol. The van der Waals surface area contributed by atoms with Crippen molar-refractivity contribution in [3.05, 3.63) is 28.2 Å². The van der Waals surface area contributed by atoms with Gasteiger partial charge in [0.25, 0.3) is 5.91 Å². The van der Waals surface area contributed by atoms with Crippen LogP contribution < -0.4 is 4.74 Å². The van der Waals surface area contributed by atoms with Crippen LogP contribution in [0.4, 0.5) is 0 Å². The van der Waals surface area contributed by atoms with Gasteiger partial charge in [0.2, 0.25) is 0 Å². The summed E-state index contributed by atoms with van der Waals surface area (Å²) in [5, 5.41) is 0. The Labute approximate surface area is 131 Å². The molecule has 1 unspecified atom stereocenters. The molecule has 0 spiro atoms. The summed E-state index contributed by atoms with van der Waals surface area (Å²) in [6, 6.07) is 4.39. The summed E-state index contributed by atoms with van der Waals surface area (Å²) in [7, 11) is 2.82. The highest BCUT2D eigenvalue weighted by molar-refractivity contribution is 9.10. The van der Waals surface area contributed by atoms with E-state index in [2.05, 4.69) is 15.9 Å². The maximum Gasteiger partial charge on any atom is 0.331 e. The van der Waals surface area contributed by atoms with E-state index in [0.29, 0.717) is 28.9 Å². The standard InChI is InChI=1S/C14H16BrNO5/c1-19-9-3-4-11(15)10(7-9)13(17)16-5-6-21-8-12(16)14(18)20-2/h3-4,7,12H,5-6,8H2,1-2H3. The molecular formula is C14H16BrNO5. The highest BCUT2D eigenvalue weighted by Crippen LogP contribution is 2.25. The molecule has 0 bridgehead atoms. The molecule has 0 saturated carbocycles. The zero-order valence-corrected chi connectivity index (χ0v) is 13.4. The second-order valence-electron chi connectivity index (χ2n) is 4.46. The van der Waals surface area contributed by atoms with Gasteiger partial charge in [-0.05, 0) is 34.1 Å². The molecule has 1 aromatic rings. The Bertz CT molecular complexity index is 548. The van der Waals surface area contributed by atoms with Crippen LogP contribution in [0.2, 0.25) is 0 Å². The van der Waals surface area contributed by atoms with Gasteiger partial charge in [-0.2, -0.15) is 0 Å². The molecule has 1 aliphatic rings. The lowest BCUT2D eigenvalue weighted by atomic mass is 10.1. The molecule has 0 aliphatic carbocycles. The summed E-state index contributed by atoms with van der Waals surface area (Å²) >= 11 is 3.35. The zero-order chi connectivity index (χ0) is 15.4. The zero-order valence-electron chi connectivity index (χ0n) is 11.8. The van der Waals surface area contributed by atoms with Gasteiger partial charge in [0.05, 0.1) is 33.0 Å². The number of amides is 1. The number of morpholine rings is 1. The number of benzene rings is 1. The quantitative estimate of drug-likeness (QED) is 0.766. The van der Waals surface area contributed by atoms with Gasteiger partial charge in [-0.25, -0.2) is 4.79 Å². The minimum atomic E-state index is -0.727. The predicted molar refractivity (Wildman–Crippen MR) is 78.4 cm³/mol. The molecule has 0 radical (unpaired) electrons. The Balaban J connectivity index is 2.30. The first-order chi connectivity index (χ1) is 10.1. The van der Waals surface area contributed by atoms with E-state index >= 15 is 0 Å². The molecule has 7 heteroatoms. The summed E-state index contributed by atoms with van der Waals surface area (Å²) in [4.78, 5) is 26.0. The molecule has 2 rings (SSSR count). The van der Waals surface area contributed by atoms with Crippen LogP contribution in [0.3, 0.4) is 0 Å². The second-order valence-corrected chi connectivity index (χ2v) is 5.31. The smallest absolute Gasteiger partial charge is 0.331 e. The third-order valence-corrected chi connectivity index (χ3v) is 3.96. The Morgan fingerprint density at radius 1 is 1.38 bits per heavy atom. The van der Waals surface area contributed by atoms with Crippen molar-refractivity contribution < 1.29 is 23.8 Å². The van der Waals surface area contributed by atoms with E-state index < -0.39 is 12.0 Å². The maximum absolute atomic E-state index is 12.7. The van der Waals surface area contributed by atoms with Crippen LogP contribution in [0.5, 0.6) is 5.75 Å². The number of nitrogens with zero attached hydrogens (tertiary/aromatic N) is 1. The molecule has 0 N–H and O–H groups in total. The lowest BCUT2D eigenvalue weighted by Gasteiger charge is -2.33. The molecule has 1 aliphatic heterocycles. The fraction of sp³-hybridized carbons (Fsp3) is 0.429. The summed E-state index contributed by atoms with van der Waals surface area (Å²) in [5.74, 6) is -0.175. The van der Waals surface area contributed by atoms with Gasteiger partial charge in [0, 0.05) is 11.0 Å². The minimum absolute atomic E-state index is 0.139. The number of ether oxygens (including phenoxy) is 3. The topological polar surface area (TPSA) is 65.1 Å². The predicted octanol–water partition coefficient (Wildman–Crippen LogP) is 1.47. The normalized spacial score (nSPS) is 18.2. The molecule has 6 nitrogen and oxygen atoms in total. The van der Waals surface area contributed by atoms with Crippen LogP contribution in [0, 0.1) is 0 Å². The molecule has 1 fully saturated rings. The van der Waals surface area contributed by atoms with Crippen molar-refractivity contribution in [2.75, 3.05) is 34.0 Å². The van der Waals surface area contributed by atoms with Gasteiger partial charge in [-0.1, -0.05) is 0 Å². The highest BCUT2D eigenvalue weighted by Gasteiger charge is 2.34. The van der Waals surface area contributed by atoms with Crippen molar-refractivity contribution in [2.45, 2.75) is 6.04 Å². The fourth-order valence-electron chi connectivity index (χ4n) is 2.13. The number of carbonyl (C=O) groups is 2. The summed E-state index contributed by atoms with van der Waals surface area (Å²) < 4.78 is 15.8. The first-order valence-corrected chi connectivity index (χ1v) is 7.18. The van der Waals surface area contributed by atoms with E-state index in [1.165, 1.54) is 19.1 Å². The van der Waals surface area contributed by atoms with Gasteiger partial charge in [0.15, 0.2) is 6.04 Å². The molecule has 114 valence electrons. The Kier molecular flexibility index (Phi) is 5.19. The number of hydrogen-bond donors (Lipinski definition) is 0. The van der Waals surface area contributed by atoms with Gasteiger partial charge >= 0.3 is 5.97 Å². The molecule has 1 atom stereocenters. The van der Waals surface area contributed by atoms with Crippen LogP contribution in [-0.4, -0.2) is 56.8 Å². The SMILES string of the molecule is COC(=O)C1COCCN1C(=O)c1cc(OC)ccc1Br. The van der Waals surface area contributed by atoms with E-state index in [1.807, 2.05) is 0 Å². The first kappa shape index (κ1) is 15.8. The average Bonchev–Trinajstić information content (AvgIpc) is 2.54. The third-order valence-electron chi connectivity index (χ3n) is 3.27. The first-order valence-electron chi connectivity index (χ1n) is 6.38. The Hall–Kier alpha value is -1.60. The number of halogens is 1. The Morgan fingerprint density at radius 2 is 2.14 bits per heavy atom. The van der Waals surface area contributed by atoms with Crippen LogP contribution in [0.25, 0.3) is 0 Å². The highest BCUT2D eigenvalue weighted by atomic mass is 79.9. The monoisotopic (exact) mass is 357 g/mol. The Morgan fingerprint density at radius 3 is 2.81 bits per heavy atom. The lowest BCUT2D eigenvalue weighted by Crippen LogP contribution is -2.53. The van der Waals surface area contributed by atoms with Gasteiger partial charge in [-0.15, -0.1) is 0 Å². The molecular weight excluding hydrogens is 342 g/mol. The van der Waals surface area contributed by atoms with E-state index in [-0.39, 0.29) is 12.5 Å². The van der Waals surface area contributed by atoms with E-state index in [0.717, 1.165) is 0 Å². The van der Waals surface area contributed by atoms with E-state index in [9.17, 15) is 9.59 Å². The number of hydrogen-bond acceptors (Lipinski definition) is 5. The van der Waals surface area contributed by atoms with Crippen molar-refractivity contribution in [2.24, 2.45) is 0 Å². The van der Waals surface area contributed by atoms with Gasteiger partial charge in [0.1, 0.15) is 5.75 Å². The van der Waals surface area contributed by atoms with Crippen molar-refractivity contribution in [1.29, 1.82) is 0 Å². The van der Waals surface area contributed by atoms with Crippen molar-refractivity contribution in [3.8, 4) is 5.75 Å². The number of rotatable bonds is 3. The van der Waals surface area contributed by atoms with Crippen molar-refractivity contribution >= 4 is 27.8 Å². The molecule has 1 amide bonds. The molecule has 1 heterocycles. The van der Waals surface area contributed by atoms with Crippen LogP contribution in [-0.2, 0) is 14.3 Å². The van der Waals surface area contributed by atoms with Crippen LogP contribution in [0.1, 0.15) is 10.4 Å². The molecule has 0 aromatic heterocycles. The van der Waals surface area contributed by atoms with Crippen LogP contribution >= 0.6 is 15.9 Å². The van der Waals surface area contributed by atoms with E-state index in [4.69, 9.17) is 14.2 Å². The van der Waals surface area contributed by atoms with Crippen LogP contribution in [0.15, 0.2) is 22.7 Å². The summed E-state index contributed by atoms with van der Waals surface area (Å²) in [6.07, 6.45) is 0. The number of esters is 1. The van der Waals surface area contributed by atoms with Gasteiger partial charge in [-0.3, -0.25) is 4.79 Å². The van der Waals surface area contributed by atoms with Crippen molar-refractivity contribution in [1.82, 2.24) is 4.90 Å². The second kappa shape index (κ2) is 6.91. The maximum atomic E-state index is 12.7. The molecule has 1 aromatic carbocycles. The van der Waals surface area contributed by atoms with Crippen molar-refractivity contribution in [3.63, 3.8) is 0 Å². The summed E-state index contributed by atoms with van der Waals surface area (Å²) in [6.45, 7) is 0.864. The largest absolute Gasteiger partial charge is 0.497 e. The molecule has 1 saturated heterocycles. The summed E-state index contributed by atoms with van der Waals surface area (Å²) in [5.41, 5.74) is 0.435. The molecule has 21 heavy (non-hydrogen) atoms. The van der Waals surface area contributed by atoms with E-state index in [1.54, 1.807) is 18.2 Å².